The van der Waals surface area contributed by atoms with Crippen LogP contribution in [0.25, 0.3) is 0 Å². The molecule has 0 aromatic heterocycles. The first-order valence-electron chi connectivity index (χ1n) is 6.54. The molecule has 110 valence electrons. The van der Waals surface area contributed by atoms with Gasteiger partial charge in [-0.25, -0.2) is 4.39 Å². The number of nitrogens with zero attached hydrogens (tertiary/aromatic N) is 1. The van der Waals surface area contributed by atoms with Gasteiger partial charge in [-0.2, -0.15) is 0 Å². The van der Waals surface area contributed by atoms with Crippen LogP contribution in [-0.2, 0) is 6.54 Å². The van der Waals surface area contributed by atoms with E-state index < -0.39 is 11.7 Å². The zero-order valence-corrected chi connectivity index (χ0v) is 11.4. The number of rotatable bonds is 5. The summed E-state index contributed by atoms with van der Waals surface area (Å²) < 4.78 is 13.3. The molecule has 0 bridgehead atoms. The second-order valence-electron chi connectivity index (χ2n) is 4.60. The summed E-state index contributed by atoms with van der Waals surface area (Å²) in [4.78, 5) is 13.8. The molecule has 2 aromatic rings. The molecule has 0 aliphatic rings. The zero-order valence-electron chi connectivity index (χ0n) is 11.4. The lowest BCUT2D eigenvalue weighted by atomic mass is 10.1. The van der Waals surface area contributed by atoms with Crippen molar-refractivity contribution in [1.29, 1.82) is 0 Å². The fourth-order valence-electron chi connectivity index (χ4n) is 2.03. The molecule has 21 heavy (non-hydrogen) atoms. The van der Waals surface area contributed by atoms with Crippen LogP contribution in [0.2, 0.25) is 0 Å². The number of hydrogen-bond acceptors (Lipinski definition) is 3. The highest BCUT2D eigenvalue weighted by molar-refractivity contribution is 5.96. The van der Waals surface area contributed by atoms with Crippen molar-refractivity contribution in [2.24, 2.45) is 0 Å². The lowest BCUT2D eigenvalue weighted by Crippen LogP contribution is -2.33. The molecule has 0 unspecified atom stereocenters. The van der Waals surface area contributed by atoms with Crippen LogP contribution in [-0.4, -0.2) is 34.2 Å². The van der Waals surface area contributed by atoms with Crippen LogP contribution in [0.5, 0.6) is 5.75 Å². The highest BCUT2D eigenvalue weighted by atomic mass is 19.1. The lowest BCUT2D eigenvalue weighted by Gasteiger charge is -2.22. The summed E-state index contributed by atoms with van der Waals surface area (Å²) in [5, 5.41) is 18.8. The van der Waals surface area contributed by atoms with Crippen molar-refractivity contribution in [3.63, 3.8) is 0 Å². The standard InChI is InChI=1S/C16H16FNO3/c17-13-6-7-15(20)14(10-13)16(21)18(8-9-19)11-12-4-2-1-3-5-12/h1-7,10,19-20H,8-9,11H2. The Morgan fingerprint density at radius 3 is 2.52 bits per heavy atom. The molecule has 2 N–H and O–H groups in total. The van der Waals surface area contributed by atoms with E-state index in [1.54, 1.807) is 0 Å². The molecule has 0 aliphatic heterocycles. The van der Waals surface area contributed by atoms with E-state index in [1.165, 1.54) is 4.90 Å². The van der Waals surface area contributed by atoms with Gasteiger partial charge in [0.2, 0.25) is 0 Å². The first-order valence-corrected chi connectivity index (χ1v) is 6.54. The highest BCUT2D eigenvalue weighted by Gasteiger charge is 2.19. The minimum absolute atomic E-state index is 0.101. The molecule has 2 rings (SSSR count). The van der Waals surface area contributed by atoms with E-state index in [4.69, 9.17) is 5.11 Å². The van der Waals surface area contributed by atoms with Crippen molar-refractivity contribution in [2.45, 2.75) is 6.54 Å². The highest BCUT2D eigenvalue weighted by Crippen LogP contribution is 2.20. The molecule has 0 saturated heterocycles. The molecule has 0 heterocycles. The van der Waals surface area contributed by atoms with Crippen LogP contribution < -0.4 is 0 Å². The molecule has 4 nitrogen and oxygen atoms in total. The van der Waals surface area contributed by atoms with Crippen molar-refractivity contribution in [3.05, 3.63) is 65.5 Å². The quantitative estimate of drug-likeness (QED) is 0.886. The Bertz CT molecular complexity index is 616. The fraction of sp³-hybridized carbons (Fsp3) is 0.188. The van der Waals surface area contributed by atoms with Gasteiger partial charge in [-0.3, -0.25) is 4.79 Å². The molecule has 1 amide bonds. The second kappa shape index (κ2) is 6.85. The Hall–Kier alpha value is -2.40. The topological polar surface area (TPSA) is 60.8 Å². The van der Waals surface area contributed by atoms with Crippen LogP contribution in [0.15, 0.2) is 48.5 Å². The molecule has 0 fully saturated rings. The third-order valence-electron chi connectivity index (χ3n) is 3.06. The number of aliphatic hydroxyl groups is 1. The summed E-state index contributed by atoms with van der Waals surface area (Å²) in [6.45, 7) is 0.161. The number of carbonyl (C=O) groups excluding carboxylic acids is 1. The molecular weight excluding hydrogens is 273 g/mol. The van der Waals surface area contributed by atoms with Gasteiger partial charge < -0.3 is 15.1 Å². The summed E-state index contributed by atoms with van der Waals surface area (Å²) in [7, 11) is 0. The average molecular weight is 289 g/mol. The first kappa shape index (κ1) is 15.0. The van der Waals surface area contributed by atoms with E-state index in [1.807, 2.05) is 30.3 Å². The Balaban J connectivity index is 2.25. The second-order valence-corrected chi connectivity index (χ2v) is 4.60. The summed E-state index contributed by atoms with van der Waals surface area (Å²) in [5.41, 5.74) is 0.773. The zero-order chi connectivity index (χ0) is 15.2. The maximum absolute atomic E-state index is 13.3. The third kappa shape index (κ3) is 3.79. The number of aromatic hydroxyl groups is 1. The van der Waals surface area contributed by atoms with Gasteiger partial charge in [0.25, 0.3) is 5.91 Å². The van der Waals surface area contributed by atoms with E-state index in [9.17, 15) is 14.3 Å². The summed E-state index contributed by atoms with van der Waals surface area (Å²) in [6, 6.07) is 12.5. The predicted octanol–water partition coefficient (Wildman–Crippen LogP) is 2.17. The smallest absolute Gasteiger partial charge is 0.258 e. The summed E-state index contributed by atoms with van der Waals surface area (Å²) in [5.74, 6) is -1.40. The average Bonchev–Trinajstić information content (AvgIpc) is 2.49. The number of aliphatic hydroxyl groups excluding tert-OH is 1. The number of carbonyl (C=O) groups is 1. The van der Waals surface area contributed by atoms with Gasteiger partial charge >= 0.3 is 0 Å². The molecular formula is C16H16FNO3. The van der Waals surface area contributed by atoms with Crippen molar-refractivity contribution in [1.82, 2.24) is 4.90 Å². The number of hydrogen-bond donors (Lipinski definition) is 2. The van der Waals surface area contributed by atoms with Gasteiger partial charge in [-0.15, -0.1) is 0 Å². The third-order valence-corrected chi connectivity index (χ3v) is 3.06. The monoisotopic (exact) mass is 289 g/mol. The van der Waals surface area contributed by atoms with E-state index in [0.717, 1.165) is 23.8 Å². The van der Waals surface area contributed by atoms with E-state index in [2.05, 4.69) is 0 Å². The first-order chi connectivity index (χ1) is 10.1. The SMILES string of the molecule is O=C(c1cc(F)ccc1O)N(CCO)Cc1ccccc1. The van der Waals surface area contributed by atoms with Crippen LogP contribution in [0, 0.1) is 5.82 Å². The van der Waals surface area contributed by atoms with Crippen molar-refractivity contribution in [3.8, 4) is 5.75 Å². The Morgan fingerprint density at radius 2 is 1.86 bits per heavy atom. The van der Waals surface area contributed by atoms with Gasteiger partial charge in [0.05, 0.1) is 12.2 Å². The number of benzene rings is 2. The largest absolute Gasteiger partial charge is 0.507 e. The molecule has 0 saturated carbocycles. The molecule has 0 aliphatic carbocycles. The Morgan fingerprint density at radius 1 is 1.14 bits per heavy atom. The van der Waals surface area contributed by atoms with Crippen LogP contribution >= 0.6 is 0 Å². The predicted molar refractivity (Wildman–Crippen MR) is 76.3 cm³/mol. The normalized spacial score (nSPS) is 10.4. The molecule has 0 spiro atoms. The summed E-state index contributed by atoms with van der Waals surface area (Å²) in [6.07, 6.45) is 0. The molecule has 2 aromatic carbocycles. The van der Waals surface area contributed by atoms with E-state index in [0.29, 0.717) is 0 Å². The number of amides is 1. The maximum atomic E-state index is 13.3. The van der Waals surface area contributed by atoms with Crippen molar-refractivity contribution < 1.29 is 19.4 Å². The minimum atomic E-state index is -0.597. The Kier molecular flexibility index (Phi) is 4.90. The minimum Gasteiger partial charge on any atom is -0.507 e. The number of halogens is 1. The molecule has 0 atom stereocenters. The van der Waals surface area contributed by atoms with Crippen molar-refractivity contribution in [2.75, 3.05) is 13.2 Å². The van der Waals surface area contributed by atoms with Gasteiger partial charge in [-0.05, 0) is 23.8 Å². The maximum Gasteiger partial charge on any atom is 0.258 e. The van der Waals surface area contributed by atoms with Gasteiger partial charge in [0.15, 0.2) is 0 Å². The molecule has 0 radical (unpaired) electrons. The van der Waals surface area contributed by atoms with Crippen LogP contribution in [0.3, 0.4) is 0 Å². The van der Waals surface area contributed by atoms with Gasteiger partial charge in [0, 0.05) is 13.1 Å². The van der Waals surface area contributed by atoms with Crippen LogP contribution in [0.4, 0.5) is 4.39 Å². The number of phenolic OH excluding ortho intramolecular Hbond substituents is 1. The van der Waals surface area contributed by atoms with Gasteiger partial charge in [0.1, 0.15) is 11.6 Å². The Labute approximate surface area is 122 Å². The fourth-order valence-corrected chi connectivity index (χ4v) is 2.03. The molecule has 5 heteroatoms. The van der Waals surface area contributed by atoms with E-state index >= 15 is 0 Å². The number of phenols is 1. The van der Waals surface area contributed by atoms with Crippen LogP contribution in [0.1, 0.15) is 15.9 Å². The lowest BCUT2D eigenvalue weighted by molar-refractivity contribution is 0.0704. The summed E-state index contributed by atoms with van der Waals surface area (Å²) >= 11 is 0. The van der Waals surface area contributed by atoms with Gasteiger partial charge in [-0.1, -0.05) is 30.3 Å². The van der Waals surface area contributed by atoms with E-state index in [-0.39, 0.29) is 31.0 Å². The van der Waals surface area contributed by atoms with Crippen molar-refractivity contribution >= 4 is 5.91 Å².